The van der Waals surface area contributed by atoms with Crippen molar-refractivity contribution in [3.63, 3.8) is 0 Å². The molecule has 1 saturated heterocycles. The third kappa shape index (κ3) is 5.32. The largest absolute Gasteiger partial charge is 0.573 e. The van der Waals surface area contributed by atoms with Crippen molar-refractivity contribution in [2.45, 2.75) is 25.3 Å². The lowest BCUT2D eigenvalue weighted by Crippen LogP contribution is -2.46. The van der Waals surface area contributed by atoms with Crippen LogP contribution in [0.5, 0.6) is 5.75 Å². The number of likely N-dealkylation sites (N-methyl/N-ethyl adjacent to an activating group) is 1. The van der Waals surface area contributed by atoms with Gasteiger partial charge in [0.1, 0.15) is 0 Å². The van der Waals surface area contributed by atoms with Crippen molar-refractivity contribution >= 4 is 0 Å². The monoisotopic (exact) mass is 350 g/mol. The number of aliphatic hydroxyl groups excluding tert-OH is 1. The summed E-state index contributed by atoms with van der Waals surface area (Å²) in [6.45, 7) is 5.58. The molecule has 1 aromatic carbocycles. The lowest BCUT2D eigenvalue weighted by atomic mass is 9.93. The van der Waals surface area contributed by atoms with Crippen molar-refractivity contribution < 1.29 is 27.4 Å². The number of alkyl halides is 3. The fourth-order valence-electron chi connectivity index (χ4n) is 2.80. The van der Waals surface area contributed by atoms with Crippen LogP contribution in [0.4, 0.5) is 17.6 Å². The molecular weight excluding hydrogens is 328 g/mol. The molecule has 1 N–H and O–H groups in total. The van der Waals surface area contributed by atoms with Crippen LogP contribution < -0.4 is 4.74 Å². The van der Waals surface area contributed by atoms with Crippen molar-refractivity contribution in [1.82, 2.24) is 9.80 Å². The first-order chi connectivity index (χ1) is 11.2. The molecule has 1 fully saturated rings. The summed E-state index contributed by atoms with van der Waals surface area (Å²) in [5.74, 6) is -2.34. The molecule has 136 valence electrons. The lowest BCUT2D eigenvalue weighted by Gasteiger charge is -2.35. The number of benzene rings is 1. The van der Waals surface area contributed by atoms with Gasteiger partial charge in [0.05, 0.1) is 6.10 Å². The van der Waals surface area contributed by atoms with Gasteiger partial charge >= 0.3 is 6.36 Å². The summed E-state index contributed by atoms with van der Waals surface area (Å²) in [5.41, 5.74) is 0.455. The van der Waals surface area contributed by atoms with Crippen LogP contribution in [-0.4, -0.2) is 67.1 Å². The number of ether oxygens (including phenoxy) is 1. The van der Waals surface area contributed by atoms with Gasteiger partial charge in [-0.05, 0) is 31.7 Å². The minimum absolute atomic E-state index is 0.386. The van der Waals surface area contributed by atoms with E-state index in [0.29, 0.717) is 12.1 Å². The van der Waals surface area contributed by atoms with E-state index in [1.807, 2.05) is 7.05 Å². The summed E-state index contributed by atoms with van der Waals surface area (Å²) in [6.07, 6.45) is -5.69. The first-order valence-corrected chi connectivity index (χ1v) is 7.80. The molecule has 8 heteroatoms. The van der Waals surface area contributed by atoms with Crippen LogP contribution in [0, 0.1) is 5.82 Å². The molecule has 2 atom stereocenters. The number of hydrogen-bond donors (Lipinski definition) is 1. The molecule has 0 amide bonds. The Labute approximate surface area is 138 Å². The zero-order valence-corrected chi connectivity index (χ0v) is 13.7. The molecule has 0 radical (unpaired) electrons. The Morgan fingerprint density at radius 1 is 1.21 bits per heavy atom. The molecule has 0 aromatic heterocycles. The van der Waals surface area contributed by atoms with Gasteiger partial charge in [0.2, 0.25) is 0 Å². The van der Waals surface area contributed by atoms with Gasteiger partial charge in [-0.2, -0.15) is 0 Å². The second-order valence-electron chi connectivity index (χ2n) is 6.19. The topological polar surface area (TPSA) is 35.9 Å². The van der Waals surface area contributed by atoms with Crippen LogP contribution in [0.2, 0.25) is 0 Å². The van der Waals surface area contributed by atoms with Gasteiger partial charge in [0.15, 0.2) is 11.6 Å². The molecule has 0 saturated carbocycles. The standard InChI is InChI=1S/C16H22F4N2O2/c1-11(23)13(10-22-7-5-21(2)6-8-22)12-3-4-15(14(17)9-12)24-16(18,19)20/h3-4,9,11,13,23H,5-8,10H2,1-2H3/t11?,13-/m0/s1. The Hall–Kier alpha value is -1.38. The van der Waals surface area contributed by atoms with Crippen LogP contribution in [0.15, 0.2) is 18.2 Å². The van der Waals surface area contributed by atoms with E-state index in [1.54, 1.807) is 6.92 Å². The van der Waals surface area contributed by atoms with Crippen LogP contribution in [0.1, 0.15) is 18.4 Å². The number of halogens is 4. The van der Waals surface area contributed by atoms with Crippen molar-refractivity contribution in [3.05, 3.63) is 29.6 Å². The van der Waals surface area contributed by atoms with Gasteiger partial charge in [-0.25, -0.2) is 4.39 Å². The second kappa shape index (κ2) is 7.67. The van der Waals surface area contributed by atoms with Crippen LogP contribution in [-0.2, 0) is 0 Å². The maximum Gasteiger partial charge on any atom is 0.573 e. The van der Waals surface area contributed by atoms with E-state index < -0.39 is 24.0 Å². The highest BCUT2D eigenvalue weighted by atomic mass is 19.4. The van der Waals surface area contributed by atoms with E-state index in [-0.39, 0.29) is 5.92 Å². The van der Waals surface area contributed by atoms with Crippen molar-refractivity contribution in [1.29, 1.82) is 0 Å². The molecule has 1 aliphatic heterocycles. The molecule has 24 heavy (non-hydrogen) atoms. The van der Waals surface area contributed by atoms with Crippen molar-refractivity contribution in [2.24, 2.45) is 0 Å². The predicted octanol–water partition coefficient (Wildman–Crippen LogP) is 2.44. The fraction of sp³-hybridized carbons (Fsp3) is 0.625. The van der Waals surface area contributed by atoms with Gasteiger partial charge < -0.3 is 19.6 Å². The third-order valence-electron chi connectivity index (χ3n) is 4.24. The average molecular weight is 350 g/mol. The molecule has 2 rings (SSSR count). The van der Waals surface area contributed by atoms with E-state index in [4.69, 9.17) is 0 Å². The molecule has 0 aliphatic carbocycles. The molecule has 1 aliphatic rings. The van der Waals surface area contributed by atoms with Crippen LogP contribution >= 0.6 is 0 Å². The summed E-state index contributed by atoms with van der Waals surface area (Å²) in [5, 5.41) is 10.0. The number of rotatable bonds is 5. The van der Waals surface area contributed by atoms with Crippen molar-refractivity contribution in [2.75, 3.05) is 39.8 Å². The number of aliphatic hydroxyl groups is 1. The fourth-order valence-corrected chi connectivity index (χ4v) is 2.80. The third-order valence-corrected chi connectivity index (χ3v) is 4.24. The Kier molecular flexibility index (Phi) is 6.06. The van der Waals surface area contributed by atoms with E-state index in [9.17, 15) is 22.7 Å². The Morgan fingerprint density at radius 3 is 2.33 bits per heavy atom. The average Bonchev–Trinajstić information content (AvgIpc) is 2.47. The SMILES string of the molecule is CC(O)[C@H](CN1CCN(C)CC1)c1ccc(OC(F)(F)F)c(F)c1. The summed E-state index contributed by atoms with van der Waals surface area (Å²) < 4.78 is 54.2. The molecule has 1 aromatic rings. The van der Waals surface area contributed by atoms with Crippen LogP contribution in [0.25, 0.3) is 0 Å². The number of hydrogen-bond acceptors (Lipinski definition) is 4. The zero-order valence-electron chi connectivity index (χ0n) is 13.7. The quantitative estimate of drug-likeness (QED) is 0.828. The Balaban J connectivity index is 2.11. The second-order valence-corrected chi connectivity index (χ2v) is 6.19. The zero-order chi connectivity index (χ0) is 17.9. The van der Waals surface area contributed by atoms with E-state index in [1.165, 1.54) is 6.07 Å². The van der Waals surface area contributed by atoms with E-state index in [0.717, 1.165) is 38.3 Å². The van der Waals surface area contributed by atoms with Gasteiger partial charge in [-0.3, -0.25) is 0 Å². The number of piperazine rings is 1. The Bertz CT molecular complexity index is 543. The minimum Gasteiger partial charge on any atom is -0.403 e. The first-order valence-electron chi connectivity index (χ1n) is 7.80. The highest BCUT2D eigenvalue weighted by Crippen LogP contribution is 2.30. The molecule has 0 bridgehead atoms. The molecule has 1 unspecified atom stereocenters. The smallest absolute Gasteiger partial charge is 0.403 e. The summed E-state index contributed by atoms with van der Waals surface area (Å²) >= 11 is 0. The molecule has 4 nitrogen and oxygen atoms in total. The van der Waals surface area contributed by atoms with Gasteiger partial charge in [-0.15, -0.1) is 13.2 Å². The minimum atomic E-state index is -4.94. The van der Waals surface area contributed by atoms with Crippen LogP contribution in [0.3, 0.4) is 0 Å². The number of nitrogens with zero attached hydrogens (tertiary/aromatic N) is 2. The maximum absolute atomic E-state index is 13.9. The Morgan fingerprint density at radius 2 is 1.83 bits per heavy atom. The predicted molar refractivity (Wildman–Crippen MR) is 81.4 cm³/mol. The van der Waals surface area contributed by atoms with Gasteiger partial charge in [-0.1, -0.05) is 6.07 Å². The molecule has 1 heterocycles. The summed E-state index contributed by atoms with van der Waals surface area (Å²) in [4.78, 5) is 4.35. The maximum atomic E-state index is 13.9. The first kappa shape index (κ1) is 19.0. The summed E-state index contributed by atoms with van der Waals surface area (Å²) in [7, 11) is 2.03. The summed E-state index contributed by atoms with van der Waals surface area (Å²) in [6, 6.07) is 3.34. The van der Waals surface area contributed by atoms with E-state index in [2.05, 4.69) is 14.5 Å². The highest BCUT2D eigenvalue weighted by molar-refractivity contribution is 5.32. The van der Waals surface area contributed by atoms with Gasteiger partial charge in [0, 0.05) is 38.6 Å². The normalized spacial score (nSPS) is 20.0. The highest BCUT2D eigenvalue weighted by Gasteiger charge is 2.33. The molecule has 0 spiro atoms. The lowest BCUT2D eigenvalue weighted by molar-refractivity contribution is -0.275. The molecular formula is C16H22F4N2O2. The van der Waals surface area contributed by atoms with E-state index >= 15 is 0 Å². The van der Waals surface area contributed by atoms with Gasteiger partial charge in [0.25, 0.3) is 0 Å². The van der Waals surface area contributed by atoms with Crippen molar-refractivity contribution in [3.8, 4) is 5.75 Å².